The number of nitrogens with two attached hydrogens (primary N) is 1. The van der Waals surface area contributed by atoms with Gasteiger partial charge in [0.25, 0.3) is 0 Å². The summed E-state index contributed by atoms with van der Waals surface area (Å²) in [7, 11) is 0. The van der Waals surface area contributed by atoms with E-state index in [1.54, 1.807) is 11.8 Å². The summed E-state index contributed by atoms with van der Waals surface area (Å²) >= 11 is 1.58. The normalized spacial score (nSPS) is 16.3. The van der Waals surface area contributed by atoms with Gasteiger partial charge < -0.3 is 11.1 Å². The Morgan fingerprint density at radius 3 is 2.84 bits per heavy atom. The molecular formula is C15H22N2OS. The Morgan fingerprint density at radius 1 is 1.32 bits per heavy atom. The highest BCUT2D eigenvalue weighted by Crippen LogP contribution is 2.20. The summed E-state index contributed by atoms with van der Waals surface area (Å²) in [6.07, 6.45) is 6.08. The summed E-state index contributed by atoms with van der Waals surface area (Å²) in [6, 6.07) is 8.48. The van der Waals surface area contributed by atoms with Gasteiger partial charge >= 0.3 is 0 Å². The average Bonchev–Trinajstić information content (AvgIpc) is 2.46. The quantitative estimate of drug-likeness (QED) is 0.814. The van der Waals surface area contributed by atoms with Gasteiger partial charge in [-0.05, 0) is 30.5 Å². The van der Waals surface area contributed by atoms with Gasteiger partial charge in [-0.25, -0.2) is 0 Å². The Hall–Kier alpha value is -1.00. The van der Waals surface area contributed by atoms with Crippen LogP contribution in [0.5, 0.6) is 0 Å². The first-order valence-electron chi connectivity index (χ1n) is 6.99. The molecule has 1 aliphatic carbocycles. The van der Waals surface area contributed by atoms with Crippen LogP contribution < -0.4 is 11.1 Å². The summed E-state index contributed by atoms with van der Waals surface area (Å²) in [5, 5.41) is 3.13. The van der Waals surface area contributed by atoms with Crippen LogP contribution in [0, 0.1) is 0 Å². The van der Waals surface area contributed by atoms with Crippen LogP contribution in [0.2, 0.25) is 0 Å². The fourth-order valence-corrected chi connectivity index (χ4v) is 3.22. The van der Waals surface area contributed by atoms with Crippen molar-refractivity contribution in [3.63, 3.8) is 0 Å². The second kappa shape index (κ2) is 7.56. The van der Waals surface area contributed by atoms with Crippen LogP contribution >= 0.6 is 11.8 Å². The largest absolute Gasteiger partial charge is 0.353 e. The van der Waals surface area contributed by atoms with Crippen molar-refractivity contribution in [1.29, 1.82) is 0 Å². The lowest BCUT2D eigenvalue weighted by Gasteiger charge is -2.22. The van der Waals surface area contributed by atoms with Crippen LogP contribution in [-0.4, -0.2) is 17.7 Å². The predicted molar refractivity (Wildman–Crippen MR) is 80.1 cm³/mol. The summed E-state index contributed by atoms with van der Waals surface area (Å²) in [4.78, 5) is 13.0. The van der Waals surface area contributed by atoms with Gasteiger partial charge in [-0.3, -0.25) is 4.79 Å². The Kier molecular flexibility index (Phi) is 5.73. The Bertz CT molecular complexity index is 416. The van der Waals surface area contributed by atoms with Gasteiger partial charge in [0, 0.05) is 17.5 Å². The van der Waals surface area contributed by atoms with Crippen molar-refractivity contribution in [3.05, 3.63) is 29.8 Å². The Balaban J connectivity index is 1.76. The van der Waals surface area contributed by atoms with E-state index in [0.717, 1.165) is 23.3 Å². The zero-order chi connectivity index (χ0) is 13.5. The number of benzene rings is 1. The number of amides is 1. The van der Waals surface area contributed by atoms with Crippen molar-refractivity contribution in [3.8, 4) is 0 Å². The van der Waals surface area contributed by atoms with Gasteiger partial charge in [-0.15, -0.1) is 11.8 Å². The third-order valence-electron chi connectivity index (χ3n) is 3.47. The summed E-state index contributed by atoms with van der Waals surface area (Å²) in [5.74, 6) is 0.639. The second-order valence-electron chi connectivity index (χ2n) is 5.04. The minimum absolute atomic E-state index is 0.148. The molecule has 1 aliphatic rings. The van der Waals surface area contributed by atoms with Crippen LogP contribution in [0.3, 0.4) is 0 Å². The first kappa shape index (κ1) is 14.4. The van der Waals surface area contributed by atoms with Gasteiger partial charge in [0.1, 0.15) is 0 Å². The van der Waals surface area contributed by atoms with E-state index in [4.69, 9.17) is 5.73 Å². The van der Waals surface area contributed by atoms with E-state index < -0.39 is 0 Å². The topological polar surface area (TPSA) is 55.1 Å². The number of hydrogen-bond donors (Lipinski definition) is 2. The molecule has 4 heteroatoms. The zero-order valence-electron chi connectivity index (χ0n) is 11.2. The summed E-state index contributed by atoms with van der Waals surface area (Å²) in [6.45, 7) is 0.544. The molecule has 104 valence electrons. The first-order chi connectivity index (χ1) is 9.28. The van der Waals surface area contributed by atoms with E-state index in [-0.39, 0.29) is 5.91 Å². The van der Waals surface area contributed by atoms with E-state index in [2.05, 4.69) is 11.4 Å². The third-order valence-corrected chi connectivity index (χ3v) is 4.47. The smallest absolute Gasteiger partial charge is 0.230 e. The molecule has 0 aromatic heterocycles. The molecule has 1 aromatic rings. The highest BCUT2D eigenvalue weighted by atomic mass is 32.2. The molecule has 0 saturated heterocycles. The molecule has 3 nitrogen and oxygen atoms in total. The fourth-order valence-electron chi connectivity index (χ4n) is 2.43. The van der Waals surface area contributed by atoms with Crippen molar-refractivity contribution in [1.82, 2.24) is 5.32 Å². The molecule has 1 amide bonds. The van der Waals surface area contributed by atoms with E-state index >= 15 is 0 Å². The summed E-state index contributed by atoms with van der Waals surface area (Å²) < 4.78 is 0. The van der Waals surface area contributed by atoms with Crippen LogP contribution in [0.15, 0.2) is 29.2 Å². The zero-order valence-corrected chi connectivity index (χ0v) is 12.0. The molecule has 19 heavy (non-hydrogen) atoms. The van der Waals surface area contributed by atoms with Gasteiger partial charge in [-0.2, -0.15) is 0 Å². The number of carbonyl (C=O) groups is 1. The molecule has 2 rings (SSSR count). The molecule has 1 fully saturated rings. The van der Waals surface area contributed by atoms with Gasteiger partial charge in [0.15, 0.2) is 0 Å². The maximum atomic E-state index is 11.9. The average molecular weight is 278 g/mol. The number of hydrogen-bond acceptors (Lipinski definition) is 3. The SMILES string of the molecule is NCc1cccc(SCC(=O)NC2CCCCC2)c1. The van der Waals surface area contributed by atoms with Crippen molar-refractivity contribution >= 4 is 17.7 Å². The lowest BCUT2D eigenvalue weighted by molar-refractivity contribution is -0.119. The van der Waals surface area contributed by atoms with Crippen molar-refractivity contribution in [2.45, 2.75) is 49.6 Å². The maximum absolute atomic E-state index is 11.9. The molecule has 0 heterocycles. The number of nitrogens with one attached hydrogen (secondary N) is 1. The third kappa shape index (κ3) is 4.88. The molecule has 3 N–H and O–H groups in total. The highest BCUT2D eigenvalue weighted by molar-refractivity contribution is 8.00. The Morgan fingerprint density at radius 2 is 2.11 bits per heavy atom. The first-order valence-corrected chi connectivity index (χ1v) is 7.97. The monoisotopic (exact) mass is 278 g/mol. The molecule has 0 unspecified atom stereocenters. The number of thioether (sulfide) groups is 1. The molecule has 0 aliphatic heterocycles. The van der Waals surface area contributed by atoms with Crippen LogP contribution in [0.1, 0.15) is 37.7 Å². The van der Waals surface area contributed by atoms with Crippen molar-refractivity contribution < 1.29 is 4.79 Å². The second-order valence-corrected chi connectivity index (χ2v) is 6.09. The van der Waals surface area contributed by atoms with Gasteiger partial charge in [0.05, 0.1) is 5.75 Å². The molecule has 0 spiro atoms. The van der Waals surface area contributed by atoms with E-state index in [1.807, 2.05) is 18.2 Å². The minimum Gasteiger partial charge on any atom is -0.353 e. The van der Waals surface area contributed by atoms with Gasteiger partial charge in [-0.1, -0.05) is 31.4 Å². The highest BCUT2D eigenvalue weighted by Gasteiger charge is 2.15. The summed E-state index contributed by atoms with van der Waals surface area (Å²) in [5.41, 5.74) is 6.72. The van der Waals surface area contributed by atoms with E-state index in [0.29, 0.717) is 18.3 Å². The number of rotatable bonds is 5. The maximum Gasteiger partial charge on any atom is 0.230 e. The van der Waals surface area contributed by atoms with Gasteiger partial charge in [0.2, 0.25) is 5.91 Å². The molecule has 0 bridgehead atoms. The van der Waals surface area contributed by atoms with E-state index in [1.165, 1.54) is 19.3 Å². The van der Waals surface area contributed by atoms with Crippen LogP contribution in [0.4, 0.5) is 0 Å². The number of carbonyl (C=O) groups excluding carboxylic acids is 1. The minimum atomic E-state index is 0.148. The molecule has 1 saturated carbocycles. The lowest BCUT2D eigenvalue weighted by atomic mass is 9.95. The van der Waals surface area contributed by atoms with Crippen molar-refractivity contribution in [2.75, 3.05) is 5.75 Å². The molecular weight excluding hydrogens is 256 g/mol. The van der Waals surface area contributed by atoms with E-state index in [9.17, 15) is 4.79 Å². The standard InChI is InChI=1S/C15H22N2OS/c16-10-12-5-4-8-14(9-12)19-11-15(18)17-13-6-2-1-3-7-13/h4-5,8-9,13H,1-3,6-7,10-11,16H2,(H,17,18). The Labute approximate surface area is 119 Å². The molecule has 1 aromatic carbocycles. The molecule has 0 radical (unpaired) electrons. The van der Waals surface area contributed by atoms with Crippen molar-refractivity contribution in [2.24, 2.45) is 5.73 Å². The van der Waals surface area contributed by atoms with Crippen LogP contribution in [0.25, 0.3) is 0 Å². The predicted octanol–water partition coefficient (Wildman–Crippen LogP) is 2.69. The lowest BCUT2D eigenvalue weighted by Crippen LogP contribution is -2.37. The van der Waals surface area contributed by atoms with Crippen LogP contribution in [-0.2, 0) is 11.3 Å². The molecule has 0 atom stereocenters. The fraction of sp³-hybridized carbons (Fsp3) is 0.533.